The summed E-state index contributed by atoms with van der Waals surface area (Å²) < 4.78 is 6.79. The second-order valence-corrected chi connectivity index (χ2v) is 5.43. The van der Waals surface area contributed by atoms with Crippen molar-refractivity contribution < 1.29 is 4.52 Å². The maximum Gasteiger partial charge on any atom is 0.330 e. The smallest absolute Gasteiger partial charge is 0.330 e. The number of halogens is 1. The van der Waals surface area contributed by atoms with Crippen LogP contribution in [-0.2, 0) is 0 Å². The number of hydrogen-bond acceptors (Lipinski definition) is 5. The van der Waals surface area contributed by atoms with Gasteiger partial charge in [-0.1, -0.05) is 16.8 Å². The van der Waals surface area contributed by atoms with E-state index in [0.29, 0.717) is 22.3 Å². The molecule has 0 radical (unpaired) electrons. The van der Waals surface area contributed by atoms with Gasteiger partial charge in [-0.05, 0) is 30.3 Å². The lowest BCUT2D eigenvalue weighted by Gasteiger charge is -2.01. The fraction of sp³-hybridized carbons (Fsp3) is 0. The molecule has 0 aliphatic carbocycles. The van der Waals surface area contributed by atoms with Crippen molar-refractivity contribution in [2.75, 3.05) is 0 Å². The summed E-state index contributed by atoms with van der Waals surface area (Å²) in [6, 6.07) is 8.93. The molecule has 0 bridgehead atoms. The topological polar surface area (TPSA) is 89.6 Å². The van der Waals surface area contributed by atoms with Gasteiger partial charge in [0.05, 0.1) is 10.7 Å². The van der Waals surface area contributed by atoms with Crippen molar-refractivity contribution in [2.24, 2.45) is 0 Å². The highest BCUT2D eigenvalue weighted by Gasteiger charge is 2.11. The Morgan fingerprint density at radius 3 is 2.67 bits per heavy atom. The maximum absolute atomic E-state index is 11.6. The molecule has 1 N–H and O–H groups in total. The number of aromatic nitrogens is 5. The third-order valence-corrected chi connectivity index (χ3v) is 3.64. The molecule has 0 unspecified atom stereocenters. The van der Waals surface area contributed by atoms with Crippen LogP contribution < -0.4 is 5.69 Å². The van der Waals surface area contributed by atoms with E-state index in [0.717, 1.165) is 11.3 Å². The first-order chi connectivity index (χ1) is 11.7. The Balaban J connectivity index is 1.65. The summed E-state index contributed by atoms with van der Waals surface area (Å²) in [5, 5.41) is 4.45. The summed E-state index contributed by atoms with van der Waals surface area (Å²) in [5.74, 6) is 0.781. The van der Waals surface area contributed by atoms with Crippen LogP contribution in [0.25, 0.3) is 28.5 Å². The number of nitrogens with one attached hydrogen (secondary N) is 1. The van der Waals surface area contributed by atoms with Gasteiger partial charge in [0, 0.05) is 35.9 Å². The lowest BCUT2D eigenvalue weighted by Crippen LogP contribution is -2.13. The molecular formula is C16H10ClN5O2. The summed E-state index contributed by atoms with van der Waals surface area (Å²) in [4.78, 5) is 22.6. The highest BCUT2D eigenvalue weighted by Crippen LogP contribution is 2.24. The van der Waals surface area contributed by atoms with E-state index in [1.54, 1.807) is 36.8 Å². The number of nitrogens with zero attached hydrogens (tertiary/aromatic N) is 4. The highest BCUT2D eigenvalue weighted by atomic mass is 35.5. The van der Waals surface area contributed by atoms with Gasteiger partial charge in [-0.25, -0.2) is 4.79 Å². The van der Waals surface area contributed by atoms with E-state index in [2.05, 4.69) is 20.1 Å². The van der Waals surface area contributed by atoms with Gasteiger partial charge < -0.3 is 9.51 Å². The largest absolute Gasteiger partial charge is 0.334 e. The molecule has 0 aliphatic heterocycles. The average Bonchev–Trinajstić information content (AvgIpc) is 3.24. The van der Waals surface area contributed by atoms with Crippen LogP contribution >= 0.6 is 11.6 Å². The van der Waals surface area contributed by atoms with Crippen molar-refractivity contribution in [1.29, 1.82) is 0 Å². The lowest BCUT2D eigenvalue weighted by atomic mass is 10.2. The van der Waals surface area contributed by atoms with Crippen LogP contribution in [0.5, 0.6) is 0 Å². The van der Waals surface area contributed by atoms with E-state index < -0.39 is 0 Å². The summed E-state index contributed by atoms with van der Waals surface area (Å²) >= 11 is 5.92. The van der Waals surface area contributed by atoms with Crippen LogP contribution in [0.2, 0.25) is 5.02 Å². The maximum atomic E-state index is 11.6. The predicted octanol–water partition coefficient (Wildman–Crippen LogP) is 2.93. The molecule has 0 amide bonds. The first-order valence-corrected chi connectivity index (χ1v) is 7.40. The molecule has 4 rings (SSSR count). The van der Waals surface area contributed by atoms with Crippen molar-refractivity contribution in [3.8, 4) is 28.5 Å². The second kappa shape index (κ2) is 5.78. The van der Waals surface area contributed by atoms with Gasteiger partial charge in [0.25, 0.3) is 5.89 Å². The molecule has 8 heteroatoms. The number of rotatable bonds is 3. The zero-order valence-electron chi connectivity index (χ0n) is 12.2. The third-order valence-electron chi connectivity index (χ3n) is 3.43. The quantitative estimate of drug-likeness (QED) is 0.619. The molecule has 118 valence electrons. The lowest BCUT2D eigenvalue weighted by molar-refractivity contribution is 0.432. The first-order valence-electron chi connectivity index (χ1n) is 7.02. The Labute approximate surface area is 140 Å². The molecule has 0 spiro atoms. The zero-order valence-corrected chi connectivity index (χ0v) is 12.9. The van der Waals surface area contributed by atoms with Crippen LogP contribution in [0.1, 0.15) is 0 Å². The number of H-pyrrole nitrogens is 1. The van der Waals surface area contributed by atoms with E-state index >= 15 is 0 Å². The van der Waals surface area contributed by atoms with Gasteiger partial charge in [-0.3, -0.25) is 9.55 Å². The molecule has 1 aromatic carbocycles. The second-order valence-electron chi connectivity index (χ2n) is 5.00. The van der Waals surface area contributed by atoms with Crippen LogP contribution in [0.4, 0.5) is 0 Å². The van der Waals surface area contributed by atoms with Crippen molar-refractivity contribution in [2.45, 2.75) is 0 Å². The van der Waals surface area contributed by atoms with Gasteiger partial charge in [-0.2, -0.15) is 4.98 Å². The van der Waals surface area contributed by atoms with Gasteiger partial charge in [0.15, 0.2) is 0 Å². The molecule has 0 aliphatic rings. The molecule has 0 atom stereocenters. The SMILES string of the molecule is O=c1[nH]ccn1-c1ccc(-c2nc(-c3cncc(Cl)c3)no2)cc1. The fourth-order valence-electron chi connectivity index (χ4n) is 2.28. The standard InChI is InChI=1S/C16H10ClN5O2/c17-12-7-11(8-18-9-12)14-20-15(24-21-14)10-1-3-13(4-2-10)22-6-5-19-16(22)23/h1-9H,(H,19,23). The minimum atomic E-state index is -0.198. The molecular weight excluding hydrogens is 330 g/mol. The normalized spacial score (nSPS) is 10.9. The monoisotopic (exact) mass is 339 g/mol. The van der Waals surface area contributed by atoms with Gasteiger partial charge in [0.2, 0.25) is 5.82 Å². The molecule has 4 aromatic rings. The van der Waals surface area contributed by atoms with Crippen LogP contribution in [0.15, 0.2) is 64.4 Å². The molecule has 0 fully saturated rings. The Hall–Kier alpha value is -3.19. The molecule has 24 heavy (non-hydrogen) atoms. The third kappa shape index (κ3) is 2.61. The summed E-state index contributed by atoms with van der Waals surface area (Å²) in [5.41, 5.74) is 1.96. The summed E-state index contributed by atoms with van der Waals surface area (Å²) in [6.45, 7) is 0. The summed E-state index contributed by atoms with van der Waals surface area (Å²) in [7, 11) is 0. The van der Waals surface area contributed by atoms with Crippen molar-refractivity contribution in [3.05, 3.63) is 70.6 Å². The highest BCUT2D eigenvalue weighted by molar-refractivity contribution is 6.30. The van der Waals surface area contributed by atoms with E-state index in [1.165, 1.54) is 10.8 Å². The van der Waals surface area contributed by atoms with E-state index in [-0.39, 0.29) is 5.69 Å². The van der Waals surface area contributed by atoms with Crippen molar-refractivity contribution >= 4 is 11.6 Å². The number of benzene rings is 1. The minimum absolute atomic E-state index is 0.198. The predicted molar refractivity (Wildman–Crippen MR) is 87.9 cm³/mol. The number of imidazole rings is 1. The average molecular weight is 340 g/mol. The minimum Gasteiger partial charge on any atom is -0.334 e. The Morgan fingerprint density at radius 2 is 1.96 bits per heavy atom. The molecule has 7 nitrogen and oxygen atoms in total. The van der Waals surface area contributed by atoms with E-state index in [9.17, 15) is 4.79 Å². The summed E-state index contributed by atoms with van der Waals surface area (Å²) in [6.07, 6.45) is 6.39. The van der Waals surface area contributed by atoms with Crippen molar-refractivity contribution in [3.63, 3.8) is 0 Å². The van der Waals surface area contributed by atoms with Crippen LogP contribution in [0.3, 0.4) is 0 Å². The number of pyridine rings is 1. The molecule has 3 aromatic heterocycles. The van der Waals surface area contributed by atoms with Crippen LogP contribution in [-0.4, -0.2) is 24.7 Å². The number of aromatic amines is 1. The molecule has 0 saturated carbocycles. The Kier molecular flexibility index (Phi) is 3.47. The van der Waals surface area contributed by atoms with Gasteiger partial charge in [-0.15, -0.1) is 0 Å². The van der Waals surface area contributed by atoms with E-state index in [4.69, 9.17) is 16.1 Å². The van der Waals surface area contributed by atoms with Crippen molar-refractivity contribution in [1.82, 2.24) is 24.7 Å². The molecule has 3 heterocycles. The Bertz CT molecular complexity index is 1050. The number of hydrogen-bond donors (Lipinski definition) is 1. The Morgan fingerprint density at radius 1 is 1.12 bits per heavy atom. The zero-order chi connectivity index (χ0) is 16.5. The van der Waals surface area contributed by atoms with E-state index in [1.807, 2.05) is 12.1 Å². The van der Waals surface area contributed by atoms with Gasteiger partial charge in [0.1, 0.15) is 0 Å². The van der Waals surface area contributed by atoms with Gasteiger partial charge >= 0.3 is 5.69 Å². The molecule has 0 saturated heterocycles. The fourth-order valence-corrected chi connectivity index (χ4v) is 2.45. The van der Waals surface area contributed by atoms with Crippen LogP contribution in [0, 0.1) is 0 Å². The first kappa shape index (κ1) is 14.4.